The highest BCUT2D eigenvalue weighted by molar-refractivity contribution is 6.31. The Morgan fingerprint density at radius 3 is 2.47 bits per heavy atom. The van der Waals surface area contributed by atoms with Gasteiger partial charge >= 0.3 is 0 Å². The molecule has 1 unspecified atom stereocenters. The number of hydrogen-bond donors (Lipinski definition) is 0. The summed E-state index contributed by atoms with van der Waals surface area (Å²) in [4.78, 5) is 27.9. The van der Waals surface area contributed by atoms with Crippen molar-refractivity contribution < 1.29 is 23.5 Å². The van der Waals surface area contributed by atoms with Crippen LogP contribution in [0.5, 0.6) is 11.5 Å². The van der Waals surface area contributed by atoms with Crippen LogP contribution in [0.15, 0.2) is 36.4 Å². The number of carbonyl (C=O) groups is 2. The minimum atomic E-state index is -0.586. The third-order valence-electron chi connectivity index (χ3n) is 5.48. The van der Waals surface area contributed by atoms with E-state index in [1.54, 1.807) is 52.3 Å². The number of methoxy groups -OCH3 is 1. The summed E-state index contributed by atoms with van der Waals surface area (Å²) >= 11 is 6.33. The summed E-state index contributed by atoms with van der Waals surface area (Å²) in [7, 11) is 3.17. The third kappa shape index (κ3) is 4.36. The first kappa shape index (κ1) is 21.9. The van der Waals surface area contributed by atoms with E-state index in [1.807, 2.05) is 0 Å². The van der Waals surface area contributed by atoms with Crippen molar-refractivity contribution in [2.24, 2.45) is 0 Å². The number of piperazine rings is 1. The lowest BCUT2D eigenvalue weighted by Crippen LogP contribution is -2.57. The molecule has 160 valence electrons. The van der Waals surface area contributed by atoms with Crippen LogP contribution in [-0.4, -0.2) is 48.4 Å². The maximum absolute atomic E-state index is 14.2. The highest BCUT2D eigenvalue weighted by Crippen LogP contribution is 2.33. The molecule has 2 aromatic carbocycles. The summed E-state index contributed by atoms with van der Waals surface area (Å²) in [5.41, 5.74) is 1.07. The summed E-state index contributed by atoms with van der Waals surface area (Å²) in [5, 5.41) is 0.200. The van der Waals surface area contributed by atoms with E-state index in [2.05, 4.69) is 0 Å². The first-order valence-electron chi connectivity index (χ1n) is 9.53. The van der Waals surface area contributed by atoms with E-state index in [0.29, 0.717) is 22.6 Å². The van der Waals surface area contributed by atoms with Crippen LogP contribution in [0.4, 0.5) is 4.39 Å². The average Bonchev–Trinajstić information content (AvgIpc) is 2.73. The zero-order valence-corrected chi connectivity index (χ0v) is 18.1. The summed E-state index contributed by atoms with van der Waals surface area (Å²) < 4.78 is 25.1. The molecule has 2 atom stereocenters. The molecule has 0 spiro atoms. The topological polar surface area (TPSA) is 59.1 Å². The summed E-state index contributed by atoms with van der Waals surface area (Å²) in [6.07, 6.45) is 0. The van der Waals surface area contributed by atoms with Gasteiger partial charge in [0.1, 0.15) is 36.5 Å². The predicted octanol–water partition coefficient (Wildman–Crippen LogP) is 3.82. The molecule has 3 rings (SSSR count). The van der Waals surface area contributed by atoms with Gasteiger partial charge in [0.05, 0.1) is 18.2 Å². The first-order chi connectivity index (χ1) is 14.2. The Bertz CT molecular complexity index is 951. The molecule has 1 aliphatic heterocycles. The van der Waals surface area contributed by atoms with Gasteiger partial charge in [-0.25, -0.2) is 4.39 Å². The number of nitrogens with zero attached hydrogens (tertiary/aromatic N) is 2. The Morgan fingerprint density at radius 1 is 1.20 bits per heavy atom. The number of hydrogen-bond acceptors (Lipinski definition) is 4. The van der Waals surface area contributed by atoms with Gasteiger partial charge in [-0.05, 0) is 55.8 Å². The molecule has 1 heterocycles. The van der Waals surface area contributed by atoms with Gasteiger partial charge < -0.3 is 19.3 Å². The van der Waals surface area contributed by atoms with Gasteiger partial charge in [0.2, 0.25) is 11.8 Å². The highest BCUT2D eigenvalue weighted by atomic mass is 35.5. The molecule has 1 saturated heterocycles. The Hall–Kier alpha value is -2.80. The second-order valence-electron chi connectivity index (χ2n) is 7.24. The fourth-order valence-corrected chi connectivity index (χ4v) is 3.70. The van der Waals surface area contributed by atoms with Crippen molar-refractivity contribution in [2.75, 3.05) is 20.7 Å². The number of rotatable bonds is 6. The number of halogens is 2. The SMILES string of the molecule is COc1ccc(OCc2c(Cl)cc(F)cc2C(C)N2CC(=O)N(C)[C@@H](C)C2=O)cc1. The lowest BCUT2D eigenvalue weighted by molar-refractivity contribution is -0.155. The minimum Gasteiger partial charge on any atom is -0.497 e. The van der Waals surface area contributed by atoms with Gasteiger partial charge in [0, 0.05) is 12.6 Å². The smallest absolute Gasteiger partial charge is 0.246 e. The van der Waals surface area contributed by atoms with Crippen LogP contribution < -0.4 is 9.47 Å². The Kier molecular flexibility index (Phi) is 6.51. The van der Waals surface area contributed by atoms with E-state index in [0.717, 1.165) is 0 Å². The number of benzene rings is 2. The van der Waals surface area contributed by atoms with Crippen LogP contribution in [0.2, 0.25) is 5.02 Å². The molecular formula is C22H24ClFN2O4. The van der Waals surface area contributed by atoms with E-state index in [4.69, 9.17) is 21.1 Å². The second-order valence-corrected chi connectivity index (χ2v) is 7.65. The monoisotopic (exact) mass is 434 g/mol. The van der Waals surface area contributed by atoms with Crippen molar-refractivity contribution in [3.8, 4) is 11.5 Å². The maximum Gasteiger partial charge on any atom is 0.246 e. The van der Waals surface area contributed by atoms with Gasteiger partial charge in [-0.1, -0.05) is 11.6 Å². The van der Waals surface area contributed by atoms with Gasteiger partial charge in [0.15, 0.2) is 0 Å². The Balaban J connectivity index is 1.88. The van der Waals surface area contributed by atoms with E-state index in [1.165, 1.54) is 21.9 Å². The van der Waals surface area contributed by atoms with E-state index in [9.17, 15) is 14.0 Å². The number of carbonyl (C=O) groups excluding carboxylic acids is 2. The minimum absolute atomic E-state index is 0.0756. The lowest BCUT2D eigenvalue weighted by Gasteiger charge is -2.40. The summed E-state index contributed by atoms with van der Waals surface area (Å²) in [5.74, 6) is 0.397. The van der Waals surface area contributed by atoms with Gasteiger partial charge in [-0.2, -0.15) is 0 Å². The molecular weight excluding hydrogens is 411 g/mol. The Morgan fingerprint density at radius 2 is 1.83 bits per heavy atom. The maximum atomic E-state index is 14.2. The van der Waals surface area contributed by atoms with Crippen LogP contribution in [-0.2, 0) is 16.2 Å². The molecule has 0 saturated carbocycles. The molecule has 0 N–H and O–H groups in total. The van der Waals surface area contributed by atoms with Gasteiger partial charge in [-0.15, -0.1) is 0 Å². The molecule has 0 aliphatic carbocycles. The van der Waals surface area contributed by atoms with E-state index in [-0.39, 0.29) is 30.0 Å². The zero-order valence-electron chi connectivity index (χ0n) is 17.3. The number of ether oxygens (including phenoxy) is 2. The van der Waals surface area contributed by atoms with E-state index < -0.39 is 17.9 Å². The molecule has 0 aromatic heterocycles. The average molecular weight is 435 g/mol. The van der Waals surface area contributed by atoms with Crippen molar-refractivity contribution in [2.45, 2.75) is 32.5 Å². The fraction of sp³-hybridized carbons (Fsp3) is 0.364. The van der Waals surface area contributed by atoms with Crippen molar-refractivity contribution in [3.63, 3.8) is 0 Å². The Labute approximate surface area is 180 Å². The number of likely N-dealkylation sites (N-methyl/N-ethyl adjacent to an activating group) is 1. The molecule has 8 heteroatoms. The van der Waals surface area contributed by atoms with Crippen LogP contribution in [0, 0.1) is 5.82 Å². The van der Waals surface area contributed by atoms with Crippen LogP contribution in [0.25, 0.3) is 0 Å². The zero-order chi connectivity index (χ0) is 22.0. The second kappa shape index (κ2) is 8.92. The molecule has 0 radical (unpaired) electrons. The number of amides is 2. The van der Waals surface area contributed by atoms with E-state index >= 15 is 0 Å². The fourth-order valence-electron chi connectivity index (χ4n) is 3.43. The highest BCUT2D eigenvalue weighted by Gasteiger charge is 2.37. The summed E-state index contributed by atoms with van der Waals surface area (Å²) in [6, 6.07) is 8.45. The molecule has 1 aliphatic rings. The molecule has 6 nitrogen and oxygen atoms in total. The van der Waals surface area contributed by atoms with Crippen molar-refractivity contribution >= 4 is 23.4 Å². The first-order valence-corrected chi connectivity index (χ1v) is 9.91. The largest absolute Gasteiger partial charge is 0.497 e. The standard InChI is InChI=1S/C22H24ClFN2O4/c1-13(26-11-21(27)25(3)14(2)22(26)28)18-9-15(24)10-20(23)19(18)12-30-17-7-5-16(29-4)6-8-17/h5-10,13-14H,11-12H2,1-4H3/t13?,14-/m0/s1. The predicted molar refractivity (Wildman–Crippen MR) is 111 cm³/mol. The summed E-state index contributed by atoms with van der Waals surface area (Å²) in [6.45, 7) is 3.43. The lowest BCUT2D eigenvalue weighted by atomic mass is 9.98. The van der Waals surface area contributed by atoms with Gasteiger partial charge in [0.25, 0.3) is 0 Å². The molecule has 0 bridgehead atoms. The quantitative estimate of drug-likeness (QED) is 0.693. The van der Waals surface area contributed by atoms with Gasteiger partial charge in [-0.3, -0.25) is 9.59 Å². The van der Waals surface area contributed by atoms with Crippen LogP contribution in [0.1, 0.15) is 31.0 Å². The van der Waals surface area contributed by atoms with Crippen molar-refractivity contribution in [3.05, 3.63) is 58.4 Å². The molecule has 30 heavy (non-hydrogen) atoms. The molecule has 2 aromatic rings. The van der Waals surface area contributed by atoms with Crippen molar-refractivity contribution in [1.82, 2.24) is 9.80 Å². The molecule has 1 fully saturated rings. The molecule has 2 amide bonds. The van der Waals surface area contributed by atoms with Crippen molar-refractivity contribution in [1.29, 1.82) is 0 Å². The van der Waals surface area contributed by atoms with Crippen LogP contribution in [0.3, 0.4) is 0 Å². The van der Waals surface area contributed by atoms with Crippen LogP contribution >= 0.6 is 11.6 Å². The normalized spacial score (nSPS) is 17.9. The third-order valence-corrected chi connectivity index (χ3v) is 5.81.